The van der Waals surface area contributed by atoms with Crippen molar-refractivity contribution >= 4 is 17.3 Å². The summed E-state index contributed by atoms with van der Waals surface area (Å²) in [6.45, 7) is 0.333. The molecule has 0 saturated heterocycles. The molecular weight excluding hydrogens is 404 g/mol. The van der Waals surface area contributed by atoms with Gasteiger partial charge in [0.2, 0.25) is 6.29 Å². The lowest BCUT2D eigenvalue weighted by Crippen LogP contribution is -2.29. The fraction of sp³-hybridized carbons (Fsp3) is 0.192. The standard InChI is InChI=1S/C26H26N2O4/c27-22-8-4-5-9-23(22)28-26(30)24-14-21(20-6-2-1-3-7-20)15-25(32-24)31-17-19-12-10-18(16-29)11-13-19/h1-14,21,25,29H,15-17,27H2,(H,28,30)/t21-,25+/m1/s1. The van der Waals surface area contributed by atoms with Crippen LogP contribution < -0.4 is 11.1 Å². The molecule has 1 amide bonds. The predicted molar refractivity (Wildman–Crippen MR) is 123 cm³/mol. The molecule has 2 atom stereocenters. The number of allylic oxidation sites excluding steroid dienone is 1. The molecule has 3 aromatic rings. The maximum absolute atomic E-state index is 12.9. The van der Waals surface area contributed by atoms with Crippen molar-refractivity contribution in [3.8, 4) is 0 Å². The Balaban J connectivity index is 1.50. The second kappa shape index (κ2) is 10.1. The summed E-state index contributed by atoms with van der Waals surface area (Å²) in [4.78, 5) is 12.9. The first-order chi connectivity index (χ1) is 15.6. The average molecular weight is 431 g/mol. The van der Waals surface area contributed by atoms with Gasteiger partial charge in [-0.3, -0.25) is 4.79 Å². The molecule has 1 heterocycles. The quantitative estimate of drug-likeness (QED) is 0.485. The summed E-state index contributed by atoms with van der Waals surface area (Å²) in [5.74, 6) is -0.195. The van der Waals surface area contributed by atoms with Crippen molar-refractivity contribution in [2.24, 2.45) is 0 Å². The van der Waals surface area contributed by atoms with E-state index < -0.39 is 6.29 Å². The van der Waals surface area contributed by atoms with Crippen molar-refractivity contribution in [1.29, 1.82) is 0 Å². The summed E-state index contributed by atoms with van der Waals surface area (Å²) in [6.07, 6.45) is 1.83. The van der Waals surface area contributed by atoms with E-state index in [1.807, 2.05) is 72.8 Å². The first-order valence-corrected chi connectivity index (χ1v) is 10.5. The van der Waals surface area contributed by atoms with E-state index in [0.717, 1.165) is 16.7 Å². The van der Waals surface area contributed by atoms with E-state index in [4.69, 9.17) is 15.2 Å². The van der Waals surface area contributed by atoms with Crippen LogP contribution in [0.1, 0.15) is 29.0 Å². The molecule has 6 heteroatoms. The van der Waals surface area contributed by atoms with Crippen LogP contribution in [-0.2, 0) is 27.5 Å². The molecule has 0 unspecified atom stereocenters. The number of carbonyl (C=O) groups excluding carboxylic acids is 1. The number of hydrogen-bond acceptors (Lipinski definition) is 5. The molecule has 0 aliphatic carbocycles. The van der Waals surface area contributed by atoms with Gasteiger partial charge in [0, 0.05) is 12.3 Å². The molecule has 164 valence electrons. The number of carbonyl (C=O) groups is 1. The van der Waals surface area contributed by atoms with E-state index in [-0.39, 0.29) is 24.2 Å². The van der Waals surface area contributed by atoms with Crippen LogP contribution in [0.4, 0.5) is 11.4 Å². The molecule has 0 fully saturated rings. The predicted octanol–water partition coefficient (Wildman–Crippen LogP) is 4.33. The molecule has 0 bridgehead atoms. The molecule has 0 saturated carbocycles. The first-order valence-electron chi connectivity index (χ1n) is 10.5. The number of ether oxygens (including phenoxy) is 2. The number of nitrogen functional groups attached to an aromatic ring is 1. The van der Waals surface area contributed by atoms with Crippen molar-refractivity contribution in [3.63, 3.8) is 0 Å². The number of hydrogen-bond donors (Lipinski definition) is 3. The highest BCUT2D eigenvalue weighted by Crippen LogP contribution is 2.32. The fourth-order valence-electron chi connectivity index (χ4n) is 3.58. The fourth-order valence-corrected chi connectivity index (χ4v) is 3.58. The number of aliphatic hydroxyl groups is 1. The first kappa shape index (κ1) is 21.6. The molecular formula is C26H26N2O4. The minimum Gasteiger partial charge on any atom is -0.459 e. The van der Waals surface area contributed by atoms with Gasteiger partial charge < -0.3 is 25.6 Å². The SMILES string of the molecule is Nc1ccccc1NC(=O)C1=C[C@@H](c2ccccc2)C[C@@H](OCc2ccc(CO)cc2)O1. The minimum absolute atomic E-state index is 0.000817. The average Bonchev–Trinajstić information content (AvgIpc) is 2.85. The number of rotatable bonds is 7. The van der Waals surface area contributed by atoms with Crippen LogP contribution in [0, 0.1) is 0 Å². The second-order valence-electron chi connectivity index (χ2n) is 7.66. The summed E-state index contributed by atoms with van der Waals surface area (Å²) in [5, 5.41) is 12.0. The van der Waals surface area contributed by atoms with E-state index in [1.165, 1.54) is 0 Å². The lowest BCUT2D eigenvalue weighted by Gasteiger charge is -2.29. The third kappa shape index (κ3) is 5.35. The number of para-hydroxylation sites is 2. The molecule has 1 aliphatic rings. The van der Waals surface area contributed by atoms with Crippen LogP contribution in [0.5, 0.6) is 0 Å². The van der Waals surface area contributed by atoms with Crippen LogP contribution in [-0.4, -0.2) is 17.3 Å². The minimum atomic E-state index is -0.586. The van der Waals surface area contributed by atoms with Gasteiger partial charge in [0.15, 0.2) is 5.76 Å². The monoisotopic (exact) mass is 430 g/mol. The van der Waals surface area contributed by atoms with Crippen molar-refractivity contribution < 1.29 is 19.4 Å². The van der Waals surface area contributed by atoms with Crippen LogP contribution in [0.15, 0.2) is 90.7 Å². The number of nitrogens with two attached hydrogens (primary N) is 1. The van der Waals surface area contributed by atoms with Gasteiger partial charge in [-0.2, -0.15) is 0 Å². The molecule has 32 heavy (non-hydrogen) atoms. The Bertz CT molecular complexity index is 1080. The van der Waals surface area contributed by atoms with Crippen molar-refractivity contribution in [2.75, 3.05) is 11.1 Å². The number of nitrogens with one attached hydrogen (secondary N) is 1. The summed E-state index contributed by atoms with van der Waals surface area (Å²) in [6, 6.07) is 24.6. The Hall–Kier alpha value is -3.61. The highest BCUT2D eigenvalue weighted by molar-refractivity contribution is 6.04. The Morgan fingerprint density at radius 1 is 1.00 bits per heavy atom. The second-order valence-corrected chi connectivity index (χ2v) is 7.66. The molecule has 3 aromatic carbocycles. The summed E-state index contributed by atoms with van der Waals surface area (Å²) >= 11 is 0. The van der Waals surface area contributed by atoms with E-state index in [2.05, 4.69) is 5.32 Å². The molecule has 4 N–H and O–H groups in total. The van der Waals surface area contributed by atoms with E-state index in [1.54, 1.807) is 12.1 Å². The molecule has 6 nitrogen and oxygen atoms in total. The van der Waals surface area contributed by atoms with Crippen LogP contribution in [0.25, 0.3) is 0 Å². The van der Waals surface area contributed by atoms with Gasteiger partial charge in [-0.05, 0) is 34.9 Å². The lowest BCUT2D eigenvalue weighted by molar-refractivity contribution is -0.147. The number of aliphatic hydroxyl groups excluding tert-OH is 1. The topological polar surface area (TPSA) is 93.8 Å². The summed E-state index contributed by atoms with van der Waals surface area (Å²) in [7, 11) is 0. The third-order valence-corrected chi connectivity index (χ3v) is 5.36. The Kier molecular flexibility index (Phi) is 6.84. The van der Waals surface area contributed by atoms with E-state index in [0.29, 0.717) is 24.4 Å². The Labute approximate surface area is 187 Å². The zero-order chi connectivity index (χ0) is 22.3. The smallest absolute Gasteiger partial charge is 0.290 e. The maximum Gasteiger partial charge on any atom is 0.290 e. The van der Waals surface area contributed by atoms with Crippen LogP contribution in [0.2, 0.25) is 0 Å². The highest BCUT2D eigenvalue weighted by Gasteiger charge is 2.29. The Morgan fingerprint density at radius 2 is 1.69 bits per heavy atom. The normalized spacial score (nSPS) is 17.8. The van der Waals surface area contributed by atoms with Gasteiger partial charge in [0.25, 0.3) is 5.91 Å². The molecule has 0 radical (unpaired) electrons. The van der Waals surface area contributed by atoms with Crippen LogP contribution >= 0.6 is 0 Å². The van der Waals surface area contributed by atoms with Crippen molar-refractivity contribution in [1.82, 2.24) is 0 Å². The van der Waals surface area contributed by atoms with Gasteiger partial charge in [-0.1, -0.05) is 66.7 Å². The van der Waals surface area contributed by atoms with Gasteiger partial charge in [0.1, 0.15) is 0 Å². The highest BCUT2D eigenvalue weighted by atomic mass is 16.7. The van der Waals surface area contributed by atoms with Crippen molar-refractivity contribution in [2.45, 2.75) is 31.8 Å². The molecule has 4 rings (SSSR count). The zero-order valence-electron chi connectivity index (χ0n) is 17.6. The van der Waals surface area contributed by atoms with Gasteiger partial charge >= 0.3 is 0 Å². The zero-order valence-corrected chi connectivity index (χ0v) is 17.6. The number of benzene rings is 3. The number of anilines is 2. The molecule has 1 aliphatic heterocycles. The summed E-state index contributed by atoms with van der Waals surface area (Å²) in [5.41, 5.74) is 9.86. The molecule has 0 aromatic heterocycles. The van der Waals surface area contributed by atoms with Gasteiger partial charge in [-0.25, -0.2) is 0 Å². The van der Waals surface area contributed by atoms with Gasteiger partial charge in [-0.15, -0.1) is 0 Å². The van der Waals surface area contributed by atoms with E-state index >= 15 is 0 Å². The molecule has 0 spiro atoms. The van der Waals surface area contributed by atoms with Crippen LogP contribution in [0.3, 0.4) is 0 Å². The largest absolute Gasteiger partial charge is 0.459 e. The number of amides is 1. The lowest BCUT2D eigenvalue weighted by atomic mass is 9.93. The Morgan fingerprint density at radius 3 is 2.41 bits per heavy atom. The van der Waals surface area contributed by atoms with Gasteiger partial charge in [0.05, 0.1) is 24.6 Å². The third-order valence-electron chi connectivity index (χ3n) is 5.36. The van der Waals surface area contributed by atoms with Crippen molar-refractivity contribution in [3.05, 3.63) is 107 Å². The summed E-state index contributed by atoms with van der Waals surface area (Å²) < 4.78 is 11.9. The van der Waals surface area contributed by atoms with E-state index in [9.17, 15) is 9.90 Å². The maximum atomic E-state index is 12.9.